The molecule has 30 heavy (non-hydrogen) atoms. The monoisotopic (exact) mass is 406 g/mol. The molecule has 0 bridgehead atoms. The summed E-state index contributed by atoms with van der Waals surface area (Å²) in [7, 11) is 3.07. The molecule has 1 amide bonds. The van der Waals surface area contributed by atoms with Crippen LogP contribution in [0.15, 0.2) is 65.2 Å². The number of benzene rings is 1. The average molecular weight is 406 g/mol. The predicted molar refractivity (Wildman–Crippen MR) is 117 cm³/mol. The van der Waals surface area contributed by atoms with E-state index in [0.717, 1.165) is 0 Å². The highest BCUT2D eigenvalue weighted by molar-refractivity contribution is 6.17. The third kappa shape index (κ3) is 5.45. The Hall–Kier alpha value is -4.12. The molecule has 0 spiro atoms. The number of nitrogens with two attached hydrogens (primary N) is 3. The largest absolute Gasteiger partial charge is 0.401 e. The number of hydrogen-bond donors (Lipinski definition) is 3. The predicted octanol–water partition coefficient (Wildman–Crippen LogP) is 2.01. The Labute approximate surface area is 174 Å². The first-order valence-corrected chi connectivity index (χ1v) is 8.85. The zero-order valence-corrected chi connectivity index (χ0v) is 17.0. The smallest absolute Gasteiger partial charge is 0.256 e. The van der Waals surface area contributed by atoms with Gasteiger partial charge in [0, 0.05) is 37.1 Å². The van der Waals surface area contributed by atoms with Crippen molar-refractivity contribution in [1.82, 2.24) is 9.88 Å². The zero-order chi connectivity index (χ0) is 22.4. The first-order chi connectivity index (χ1) is 14.1. The maximum Gasteiger partial charge on any atom is 0.256 e. The molecule has 7 nitrogen and oxygen atoms in total. The van der Waals surface area contributed by atoms with Crippen molar-refractivity contribution in [2.75, 3.05) is 19.8 Å². The number of amides is 1. The van der Waals surface area contributed by atoms with Crippen molar-refractivity contribution in [2.24, 2.45) is 16.5 Å². The van der Waals surface area contributed by atoms with Gasteiger partial charge in [-0.15, -0.1) is 0 Å². The van der Waals surface area contributed by atoms with Gasteiger partial charge in [-0.2, -0.15) is 0 Å². The number of carbonyl (C=O) groups excluding carboxylic acids is 1. The fourth-order valence-corrected chi connectivity index (χ4v) is 2.44. The molecule has 1 aromatic carbocycles. The van der Waals surface area contributed by atoms with Gasteiger partial charge in [0.15, 0.2) is 0 Å². The third-order valence-electron chi connectivity index (χ3n) is 3.88. The summed E-state index contributed by atoms with van der Waals surface area (Å²) in [4.78, 5) is 21.8. The number of hydrogen-bond acceptors (Lipinski definition) is 6. The second kappa shape index (κ2) is 9.39. The number of anilines is 1. The number of carbonyl (C=O) groups is 1. The molecule has 2 aromatic rings. The van der Waals surface area contributed by atoms with Gasteiger partial charge in [-0.05, 0) is 37.3 Å². The van der Waals surface area contributed by atoms with Gasteiger partial charge in [-0.25, -0.2) is 14.4 Å². The van der Waals surface area contributed by atoms with Gasteiger partial charge in [-0.1, -0.05) is 18.4 Å². The fourth-order valence-electron chi connectivity index (χ4n) is 2.44. The van der Waals surface area contributed by atoms with E-state index < -0.39 is 11.7 Å². The molecule has 0 radical (unpaired) electrons. The van der Waals surface area contributed by atoms with Gasteiger partial charge in [0.25, 0.3) is 5.91 Å². The molecule has 0 aliphatic heterocycles. The minimum Gasteiger partial charge on any atom is -0.401 e. The number of nitrogens with zero attached hydrogens (tertiary/aromatic N) is 3. The highest BCUT2D eigenvalue weighted by Gasteiger charge is 2.18. The lowest BCUT2D eigenvalue weighted by Gasteiger charge is -2.14. The molecule has 154 valence electrons. The summed E-state index contributed by atoms with van der Waals surface area (Å²) in [5, 5.41) is 0. The van der Waals surface area contributed by atoms with Crippen LogP contribution in [0.25, 0.3) is 0 Å². The lowest BCUT2D eigenvalue weighted by molar-refractivity contribution is 0.0823. The first-order valence-electron chi connectivity index (χ1n) is 8.85. The van der Waals surface area contributed by atoms with Crippen molar-refractivity contribution in [2.45, 2.75) is 6.92 Å². The summed E-state index contributed by atoms with van der Waals surface area (Å²) < 4.78 is 14.3. The van der Waals surface area contributed by atoms with Crippen molar-refractivity contribution in [3.8, 4) is 11.8 Å². The summed E-state index contributed by atoms with van der Waals surface area (Å²) in [6.07, 6.45) is 1.52. The van der Waals surface area contributed by atoms with E-state index in [1.807, 2.05) is 0 Å². The second-order valence-electron chi connectivity index (χ2n) is 6.63. The van der Waals surface area contributed by atoms with Crippen molar-refractivity contribution < 1.29 is 9.18 Å². The van der Waals surface area contributed by atoms with Gasteiger partial charge in [0.1, 0.15) is 17.5 Å². The normalized spacial score (nSPS) is 11.8. The van der Waals surface area contributed by atoms with Gasteiger partial charge in [0.05, 0.1) is 16.8 Å². The van der Waals surface area contributed by atoms with Crippen LogP contribution in [0.2, 0.25) is 0 Å². The standard InChI is InChI=1S/C22H23FN6O/c1-13(24)17(8-5-15-6-10-20(26)27-12-15)21(28-14(2)25)16-7-9-19(23)18(11-16)22(30)29(3)4/h6-7,9-12H,2,24-25H2,1,3-4H3,(H2,26,27)/b17-13-,28-21-. The maximum atomic E-state index is 14.3. The topological polar surface area (TPSA) is 124 Å². The van der Waals surface area contributed by atoms with Crippen LogP contribution in [0.1, 0.15) is 28.4 Å². The van der Waals surface area contributed by atoms with Gasteiger partial charge >= 0.3 is 0 Å². The van der Waals surface area contributed by atoms with E-state index in [9.17, 15) is 9.18 Å². The van der Waals surface area contributed by atoms with E-state index in [4.69, 9.17) is 17.2 Å². The number of pyridine rings is 1. The molecule has 0 fully saturated rings. The Kier molecular flexibility index (Phi) is 6.94. The second-order valence-corrected chi connectivity index (χ2v) is 6.63. The maximum absolute atomic E-state index is 14.3. The molecule has 1 heterocycles. The number of nitrogen functional groups attached to an aromatic ring is 1. The van der Waals surface area contributed by atoms with Gasteiger partial charge < -0.3 is 22.1 Å². The van der Waals surface area contributed by atoms with Crippen LogP contribution in [0, 0.1) is 17.7 Å². The van der Waals surface area contributed by atoms with E-state index in [1.54, 1.807) is 19.1 Å². The van der Waals surface area contributed by atoms with Gasteiger partial charge in [0.2, 0.25) is 0 Å². The summed E-state index contributed by atoms with van der Waals surface area (Å²) >= 11 is 0. The summed E-state index contributed by atoms with van der Waals surface area (Å²) in [5.41, 5.74) is 19.2. The average Bonchev–Trinajstić information content (AvgIpc) is 2.68. The quantitative estimate of drug-likeness (QED) is 0.529. The summed E-state index contributed by atoms with van der Waals surface area (Å²) in [6.45, 7) is 5.25. The Balaban J connectivity index is 2.63. The third-order valence-corrected chi connectivity index (χ3v) is 3.88. The van der Waals surface area contributed by atoms with Gasteiger partial charge in [-0.3, -0.25) is 4.79 Å². The van der Waals surface area contributed by atoms with E-state index in [1.165, 1.54) is 43.4 Å². The molecular weight excluding hydrogens is 383 g/mol. The molecule has 2 rings (SSSR count). The van der Waals surface area contributed by atoms with E-state index in [0.29, 0.717) is 28.2 Å². The molecular formula is C22H23FN6O. The molecule has 0 unspecified atom stereocenters. The van der Waals surface area contributed by atoms with Crippen molar-refractivity contribution in [3.63, 3.8) is 0 Å². The molecule has 0 atom stereocenters. The van der Waals surface area contributed by atoms with Crippen LogP contribution in [-0.4, -0.2) is 35.6 Å². The minimum atomic E-state index is -0.655. The van der Waals surface area contributed by atoms with Crippen molar-refractivity contribution >= 4 is 17.4 Å². The van der Waals surface area contributed by atoms with Crippen LogP contribution in [-0.2, 0) is 0 Å². The number of allylic oxidation sites excluding steroid dienone is 2. The van der Waals surface area contributed by atoms with Crippen LogP contribution >= 0.6 is 0 Å². The Morgan fingerprint density at radius 1 is 1.23 bits per heavy atom. The number of rotatable bonds is 4. The van der Waals surface area contributed by atoms with Crippen molar-refractivity contribution in [1.29, 1.82) is 0 Å². The number of halogens is 1. The Morgan fingerprint density at radius 3 is 2.47 bits per heavy atom. The van der Waals surface area contributed by atoms with E-state index in [2.05, 4.69) is 28.4 Å². The highest BCUT2D eigenvalue weighted by Crippen LogP contribution is 2.18. The summed E-state index contributed by atoms with van der Waals surface area (Å²) in [5.74, 6) is 5.12. The number of aliphatic imine (C=N–C) groups is 1. The van der Waals surface area contributed by atoms with E-state index in [-0.39, 0.29) is 17.1 Å². The zero-order valence-electron chi connectivity index (χ0n) is 17.0. The van der Waals surface area contributed by atoms with Crippen LogP contribution in [0.5, 0.6) is 0 Å². The molecule has 0 saturated carbocycles. The molecule has 0 saturated heterocycles. The van der Waals surface area contributed by atoms with Crippen LogP contribution in [0.3, 0.4) is 0 Å². The molecule has 1 aromatic heterocycles. The summed E-state index contributed by atoms with van der Waals surface area (Å²) in [6, 6.07) is 7.37. The SMILES string of the molecule is C=C(N)/N=C(\C(C#Cc1ccc(N)nc1)=C(\C)N)c1ccc(F)c(C(=O)N(C)C)c1. The van der Waals surface area contributed by atoms with Crippen LogP contribution < -0.4 is 17.2 Å². The minimum absolute atomic E-state index is 0.00418. The molecule has 0 aliphatic carbocycles. The molecule has 8 heteroatoms. The highest BCUT2D eigenvalue weighted by atomic mass is 19.1. The Morgan fingerprint density at radius 2 is 1.93 bits per heavy atom. The van der Waals surface area contributed by atoms with Crippen LogP contribution in [0.4, 0.5) is 10.2 Å². The van der Waals surface area contributed by atoms with Crippen molar-refractivity contribution in [3.05, 3.63) is 82.7 Å². The number of aromatic nitrogens is 1. The lowest BCUT2D eigenvalue weighted by atomic mass is 9.98. The molecule has 0 aliphatic rings. The lowest BCUT2D eigenvalue weighted by Crippen LogP contribution is -2.23. The first kappa shape index (κ1) is 22.2. The molecule has 6 N–H and O–H groups in total. The van der Waals surface area contributed by atoms with E-state index >= 15 is 0 Å². The fraction of sp³-hybridized carbons (Fsp3) is 0.136. The Bertz CT molecular complexity index is 1100.